The molecule has 4 unspecified atom stereocenters. The molecule has 0 aromatic rings. The molecule has 4 atom stereocenters. The maximum atomic E-state index is 5.59. The van der Waals surface area contributed by atoms with Crippen molar-refractivity contribution in [1.29, 1.82) is 0 Å². The third-order valence-electron chi connectivity index (χ3n) is 5.24. The summed E-state index contributed by atoms with van der Waals surface area (Å²) in [5, 5.41) is 3.75. The molecule has 0 aromatic heterocycles. The first kappa shape index (κ1) is 12.9. The van der Waals surface area contributed by atoms with Gasteiger partial charge in [-0.05, 0) is 51.4 Å². The number of hydrogen-bond acceptors (Lipinski definition) is 3. The Labute approximate surface area is 111 Å². The maximum Gasteiger partial charge on any atom is 0.0586 e. The van der Waals surface area contributed by atoms with Crippen molar-refractivity contribution in [2.75, 3.05) is 20.2 Å². The minimum atomic E-state index is 0.505. The van der Waals surface area contributed by atoms with Crippen molar-refractivity contribution in [3.63, 3.8) is 0 Å². The summed E-state index contributed by atoms with van der Waals surface area (Å²) in [4.78, 5) is 2.78. The van der Waals surface area contributed by atoms with Gasteiger partial charge >= 0.3 is 0 Å². The lowest BCUT2D eigenvalue weighted by molar-refractivity contribution is 0.00201. The van der Waals surface area contributed by atoms with E-state index in [1.807, 2.05) is 7.11 Å². The van der Waals surface area contributed by atoms with Crippen molar-refractivity contribution >= 4 is 0 Å². The summed E-state index contributed by atoms with van der Waals surface area (Å²) in [5.74, 6) is 0.974. The first-order chi connectivity index (χ1) is 8.78. The summed E-state index contributed by atoms with van der Waals surface area (Å²) < 4.78 is 5.59. The first-order valence-corrected chi connectivity index (χ1v) is 7.80. The van der Waals surface area contributed by atoms with E-state index in [0.29, 0.717) is 12.1 Å². The molecule has 1 N–H and O–H groups in total. The van der Waals surface area contributed by atoms with Crippen molar-refractivity contribution in [2.45, 2.75) is 69.7 Å². The van der Waals surface area contributed by atoms with Crippen LogP contribution in [0.2, 0.25) is 0 Å². The average molecular weight is 252 g/mol. The first-order valence-electron chi connectivity index (χ1n) is 7.80. The lowest BCUT2D eigenvalue weighted by Gasteiger charge is -2.46. The van der Waals surface area contributed by atoms with Crippen LogP contribution in [0, 0.1) is 5.92 Å². The second kappa shape index (κ2) is 5.48. The number of ether oxygens (including phenoxy) is 1. The fraction of sp³-hybridized carbons (Fsp3) is 1.00. The van der Waals surface area contributed by atoms with Crippen LogP contribution in [0.3, 0.4) is 0 Å². The van der Waals surface area contributed by atoms with Crippen LogP contribution in [0.15, 0.2) is 0 Å². The van der Waals surface area contributed by atoms with Crippen LogP contribution in [-0.2, 0) is 4.74 Å². The monoisotopic (exact) mass is 252 g/mol. The zero-order valence-electron chi connectivity index (χ0n) is 11.9. The van der Waals surface area contributed by atoms with Gasteiger partial charge in [0.2, 0.25) is 0 Å². The zero-order valence-corrected chi connectivity index (χ0v) is 11.9. The normalized spacial score (nSPS) is 43.0. The topological polar surface area (TPSA) is 24.5 Å². The predicted molar refractivity (Wildman–Crippen MR) is 73.7 cm³/mol. The Bertz CT molecular complexity index is 280. The van der Waals surface area contributed by atoms with Gasteiger partial charge in [0.1, 0.15) is 0 Å². The molecule has 2 saturated carbocycles. The highest BCUT2D eigenvalue weighted by Crippen LogP contribution is 2.36. The Kier molecular flexibility index (Phi) is 3.92. The van der Waals surface area contributed by atoms with E-state index in [0.717, 1.165) is 18.0 Å². The third kappa shape index (κ3) is 2.73. The van der Waals surface area contributed by atoms with Crippen LogP contribution in [0.5, 0.6) is 0 Å². The van der Waals surface area contributed by atoms with Crippen LogP contribution in [0.4, 0.5) is 0 Å². The molecule has 3 nitrogen and oxygen atoms in total. The number of methoxy groups -OCH3 is 1. The number of nitrogens with zero attached hydrogens (tertiary/aromatic N) is 1. The van der Waals surface area contributed by atoms with E-state index in [1.165, 1.54) is 51.6 Å². The molecule has 0 aromatic carbocycles. The van der Waals surface area contributed by atoms with Gasteiger partial charge in [-0.1, -0.05) is 0 Å². The van der Waals surface area contributed by atoms with Crippen molar-refractivity contribution < 1.29 is 4.74 Å². The summed E-state index contributed by atoms with van der Waals surface area (Å²) in [6.07, 6.45) is 8.63. The Morgan fingerprint density at radius 1 is 1.17 bits per heavy atom. The maximum absolute atomic E-state index is 5.59. The molecular formula is C15H28N2O. The quantitative estimate of drug-likeness (QED) is 0.831. The minimum Gasteiger partial charge on any atom is -0.381 e. The highest BCUT2D eigenvalue weighted by Gasteiger charge is 2.39. The summed E-state index contributed by atoms with van der Waals surface area (Å²) >= 11 is 0. The number of rotatable bonds is 3. The highest BCUT2D eigenvalue weighted by molar-refractivity contribution is 4.96. The fourth-order valence-corrected chi connectivity index (χ4v) is 3.87. The van der Waals surface area contributed by atoms with E-state index in [9.17, 15) is 0 Å². The predicted octanol–water partition coefficient (Wildman–Crippen LogP) is 2.02. The lowest BCUT2D eigenvalue weighted by atomic mass is 9.89. The lowest BCUT2D eigenvalue weighted by Crippen LogP contribution is -2.60. The smallest absolute Gasteiger partial charge is 0.0586 e. The summed E-state index contributed by atoms with van der Waals surface area (Å²) in [7, 11) is 1.88. The number of piperazine rings is 1. The van der Waals surface area contributed by atoms with E-state index < -0.39 is 0 Å². The molecule has 104 valence electrons. The second-order valence-electron chi connectivity index (χ2n) is 6.58. The van der Waals surface area contributed by atoms with Crippen LogP contribution in [0.1, 0.15) is 45.4 Å². The molecule has 1 heterocycles. The molecule has 1 aliphatic heterocycles. The molecular weight excluding hydrogens is 224 g/mol. The molecule has 3 rings (SSSR count). The molecule has 3 fully saturated rings. The van der Waals surface area contributed by atoms with Gasteiger partial charge < -0.3 is 10.1 Å². The van der Waals surface area contributed by atoms with Gasteiger partial charge in [0, 0.05) is 38.3 Å². The molecule has 0 bridgehead atoms. The molecule has 3 aliphatic rings. The Morgan fingerprint density at radius 3 is 2.72 bits per heavy atom. The molecule has 18 heavy (non-hydrogen) atoms. The zero-order chi connectivity index (χ0) is 12.5. The van der Waals surface area contributed by atoms with Crippen molar-refractivity contribution in [2.24, 2.45) is 5.92 Å². The van der Waals surface area contributed by atoms with Crippen molar-refractivity contribution in [1.82, 2.24) is 10.2 Å². The van der Waals surface area contributed by atoms with E-state index in [-0.39, 0.29) is 0 Å². The summed E-state index contributed by atoms with van der Waals surface area (Å²) in [6.45, 7) is 4.83. The van der Waals surface area contributed by atoms with E-state index in [2.05, 4.69) is 17.1 Å². The Balaban J connectivity index is 1.61. The second-order valence-corrected chi connectivity index (χ2v) is 6.58. The fourth-order valence-electron chi connectivity index (χ4n) is 3.87. The van der Waals surface area contributed by atoms with Gasteiger partial charge in [-0.15, -0.1) is 0 Å². The summed E-state index contributed by atoms with van der Waals surface area (Å²) in [5.41, 5.74) is 0. The summed E-state index contributed by atoms with van der Waals surface area (Å²) in [6, 6.07) is 2.23. The van der Waals surface area contributed by atoms with Crippen molar-refractivity contribution in [3.8, 4) is 0 Å². The Morgan fingerprint density at radius 2 is 2.00 bits per heavy atom. The molecule has 3 heteroatoms. The number of hydrogen-bond donors (Lipinski definition) is 1. The van der Waals surface area contributed by atoms with Crippen LogP contribution in [0.25, 0.3) is 0 Å². The van der Waals surface area contributed by atoms with Crippen LogP contribution >= 0.6 is 0 Å². The van der Waals surface area contributed by atoms with Gasteiger partial charge in [-0.25, -0.2) is 0 Å². The SMILES string of the molecule is COC1CCCC(N2CC(C3CC3)NCC2C)C1. The van der Waals surface area contributed by atoms with Gasteiger partial charge in [-0.2, -0.15) is 0 Å². The van der Waals surface area contributed by atoms with Crippen LogP contribution < -0.4 is 5.32 Å². The highest BCUT2D eigenvalue weighted by atomic mass is 16.5. The van der Waals surface area contributed by atoms with Gasteiger partial charge in [0.15, 0.2) is 0 Å². The molecule has 2 aliphatic carbocycles. The van der Waals surface area contributed by atoms with Gasteiger partial charge in [0.05, 0.1) is 6.10 Å². The van der Waals surface area contributed by atoms with E-state index in [1.54, 1.807) is 0 Å². The minimum absolute atomic E-state index is 0.505. The molecule has 0 spiro atoms. The standard InChI is InChI=1S/C15H28N2O/c1-11-9-16-15(12-6-7-12)10-17(11)13-4-3-5-14(8-13)18-2/h11-16H,3-10H2,1-2H3. The van der Waals surface area contributed by atoms with Crippen LogP contribution in [-0.4, -0.2) is 49.3 Å². The molecule has 1 saturated heterocycles. The Hall–Kier alpha value is -0.120. The third-order valence-corrected chi connectivity index (χ3v) is 5.24. The van der Waals surface area contributed by atoms with E-state index in [4.69, 9.17) is 4.74 Å². The molecule has 0 radical (unpaired) electrons. The van der Waals surface area contributed by atoms with Gasteiger partial charge in [0.25, 0.3) is 0 Å². The van der Waals surface area contributed by atoms with E-state index >= 15 is 0 Å². The van der Waals surface area contributed by atoms with Crippen molar-refractivity contribution in [3.05, 3.63) is 0 Å². The average Bonchev–Trinajstić information content (AvgIpc) is 3.24. The largest absolute Gasteiger partial charge is 0.381 e. The van der Waals surface area contributed by atoms with Gasteiger partial charge in [-0.3, -0.25) is 4.90 Å². The molecule has 0 amide bonds. The number of nitrogens with one attached hydrogen (secondary N) is 1.